The van der Waals surface area contributed by atoms with Gasteiger partial charge in [-0.25, -0.2) is 0 Å². The summed E-state index contributed by atoms with van der Waals surface area (Å²) in [6, 6.07) is 29.9. The molecular formula is C25H26NOP. The fourth-order valence-corrected chi connectivity index (χ4v) is 6.69. The average molecular weight is 387 g/mol. The van der Waals surface area contributed by atoms with E-state index in [-0.39, 0.29) is 11.5 Å². The van der Waals surface area contributed by atoms with Crippen molar-refractivity contribution in [3.63, 3.8) is 0 Å². The predicted octanol–water partition coefficient (Wildman–Crippen LogP) is 5.46. The molecular weight excluding hydrogens is 361 g/mol. The van der Waals surface area contributed by atoms with Crippen LogP contribution in [0.5, 0.6) is 0 Å². The minimum absolute atomic E-state index is 0.00231. The summed E-state index contributed by atoms with van der Waals surface area (Å²) >= 11 is 0. The Labute approximate surface area is 167 Å². The Morgan fingerprint density at radius 3 is 1.82 bits per heavy atom. The summed E-state index contributed by atoms with van der Waals surface area (Å²) in [6.45, 7) is 6.28. The zero-order valence-electron chi connectivity index (χ0n) is 16.2. The summed E-state index contributed by atoms with van der Waals surface area (Å²) in [5.41, 5.74) is 1.17. The number of hydrogen-bond acceptors (Lipinski definition) is 1. The third-order valence-electron chi connectivity index (χ3n) is 5.97. The lowest BCUT2D eigenvalue weighted by molar-refractivity contribution is 0.395. The van der Waals surface area contributed by atoms with Crippen LogP contribution in [0.25, 0.3) is 0 Å². The molecule has 0 aliphatic heterocycles. The quantitative estimate of drug-likeness (QED) is 0.431. The van der Waals surface area contributed by atoms with Crippen LogP contribution >= 0.6 is 7.29 Å². The number of hydrogen-bond donors (Lipinski definition) is 1. The maximum absolute atomic E-state index is 14.5. The molecule has 0 unspecified atom stereocenters. The largest absolute Gasteiger partial charge is 0.297 e. The van der Waals surface area contributed by atoms with Gasteiger partial charge in [0.2, 0.25) is 7.29 Å². The third kappa shape index (κ3) is 3.39. The number of benzene rings is 3. The molecule has 1 fully saturated rings. The van der Waals surface area contributed by atoms with E-state index >= 15 is 0 Å². The molecule has 3 aromatic carbocycles. The fraction of sp³-hybridized carbons (Fsp3) is 0.200. The van der Waals surface area contributed by atoms with Crippen molar-refractivity contribution in [2.45, 2.75) is 19.4 Å². The first-order chi connectivity index (χ1) is 13.6. The summed E-state index contributed by atoms with van der Waals surface area (Å²) in [5, 5.41) is 5.32. The molecule has 4 rings (SSSR count). The minimum atomic E-state index is -3.02. The Hall–Kier alpha value is -2.41. The van der Waals surface area contributed by atoms with Gasteiger partial charge in [-0.05, 0) is 47.6 Å². The first-order valence-electron chi connectivity index (χ1n) is 9.74. The summed E-state index contributed by atoms with van der Waals surface area (Å²) in [4.78, 5) is 0. The summed E-state index contributed by atoms with van der Waals surface area (Å²) in [6.07, 6.45) is 3.08. The Kier molecular flexibility index (Phi) is 5.10. The molecule has 1 aliphatic rings. The molecule has 0 saturated heterocycles. The molecule has 0 radical (unpaired) electrons. The van der Waals surface area contributed by atoms with Crippen molar-refractivity contribution in [1.29, 1.82) is 0 Å². The highest BCUT2D eigenvalue weighted by Crippen LogP contribution is 2.62. The Balaban J connectivity index is 1.82. The van der Waals surface area contributed by atoms with Crippen molar-refractivity contribution in [2.24, 2.45) is 11.3 Å². The van der Waals surface area contributed by atoms with Crippen LogP contribution in [0.1, 0.15) is 24.9 Å². The molecule has 0 amide bonds. The molecule has 28 heavy (non-hydrogen) atoms. The van der Waals surface area contributed by atoms with Gasteiger partial charge in [0.25, 0.3) is 0 Å². The standard InChI is InChI=1S/C25H26NOP/c1-3-21-19-25(21,2)24(20-13-7-4-8-14-20)26-28(27,22-15-9-5-10-16-22)23-17-11-6-12-18-23/h3-18,21,24H,1,19H2,2H3,(H,26,27)/t21-,24+,25-/m1/s1. The third-order valence-corrected chi connectivity index (χ3v) is 8.65. The normalized spacial score (nSPS) is 22.4. The molecule has 1 saturated carbocycles. The van der Waals surface area contributed by atoms with E-state index in [0.29, 0.717) is 5.92 Å². The Morgan fingerprint density at radius 1 is 0.929 bits per heavy atom. The van der Waals surface area contributed by atoms with Gasteiger partial charge in [0.1, 0.15) is 0 Å². The molecule has 2 nitrogen and oxygen atoms in total. The molecule has 0 spiro atoms. The molecule has 3 aromatic rings. The van der Waals surface area contributed by atoms with Crippen LogP contribution in [0.2, 0.25) is 0 Å². The minimum Gasteiger partial charge on any atom is -0.297 e. The van der Waals surface area contributed by atoms with Crippen molar-refractivity contribution in [3.8, 4) is 0 Å². The van der Waals surface area contributed by atoms with Gasteiger partial charge in [-0.3, -0.25) is 9.65 Å². The van der Waals surface area contributed by atoms with Gasteiger partial charge < -0.3 is 0 Å². The Bertz CT molecular complexity index is 943. The van der Waals surface area contributed by atoms with Crippen LogP contribution in [0, 0.1) is 11.3 Å². The lowest BCUT2D eigenvalue weighted by Gasteiger charge is -2.32. The first-order valence-corrected chi connectivity index (χ1v) is 11.5. The second-order valence-corrected chi connectivity index (χ2v) is 10.3. The van der Waals surface area contributed by atoms with Crippen LogP contribution < -0.4 is 15.7 Å². The van der Waals surface area contributed by atoms with E-state index in [0.717, 1.165) is 17.0 Å². The number of allylic oxidation sites excluding steroid dienone is 1. The van der Waals surface area contributed by atoms with E-state index in [4.69, 9.17) is 0 Å². The highest BCUT2D eigenvalue weighted by molar-refractivity contribution is 7.76. The number of nitrogens with one attached hydrogen (secondary N) is 1. The van der Waals surface area contributed by atoms with Crippen LogP contribution in [-0.2, 0) is 4.57 Å². The first kappa shape index (κ1) is 18.9. The van der Waals surface area contributed by atoms with Gasteiger partial charge >= 0.3 is 0 Å². The topological polar surface area (TPSA) is 29.1 Å². The van der Waals surface area contributed by atoms with Crippen molar-refractivity contribution in [3.05, 3.63) is 109 Å². The van der Waals surface area contributed by atoms with Crippen molar-refractivity contribution < 1.29 is 4.57 Å². The highest BCUT2D eigenvalue weighted by atomic mass is 31.2. The number of rotatable bonds is 7. The molecule has 3 heteroatoms. The SMILES string of the molecule is C=C[C@@H]1C[C@@]1(C)[C@@H](NP(=O)(c1ccccc1)c1ccccc1)c1ccccc1. The molecule has 1 N–H and O–H groups in total. The fourth-order valence-electron chi connectivity index (χ4n) is 4.10. The molecule has 0 aromatic heterocycles. The van der Waals surface area contributed by atoms with Crippen molar-refractivity contribution in [2.75, 3.05) is 0 Å². The molecule has 142 valence electrons. The maximum atomic E-state index is 14.5. The lowest BCUT2D eigenvalue weighted by Crippen LogP contribution is -2.34. The van der Waals surface area contributed by atoms with E-state index < -0.39 is 7.29 Å². The van der Waals surface area contributed by atoms with Crippen LogP contribution in [0.4, 0.5) is 0 Å². The van der Waals surface area contributed by atoms with E-state index in [1.807, 2.05) is 72.8 Å². The zero-order valence-corrected chi connectivity index (χ0v) is 17.1. The Morgan fingerprint density at radius 2 is 1.39 bits per heavy atom. The zero-order chi connectivity index (χ0) is 19.6. The van der Waals surface area contributed by atoms with Gasteiger partial charge in [-0.2, -0.15) is 0 Å². The molecule has 1 aliphatic carbocycles. The van der Waals surface area contributed by atoms with E-state index in [1.54, 1.807) is 0 Å². The average Bonchev–Trinajstić information content (AvgIpc) is 3.45. The van der Waals surface area contributed by atoms with E-state index in [2.05, 4.69) is 42.9 Å². The van der Waals surface area contributed by atoms with E-state index in [9.17, 15) is 4.57 Å². The van der Waals surface area contributed by atoms with Gasteiger partial charge in [0.15, 0.2) is 0 Å². The van der Waals surface area contributed by atoms with Crippen LogP contribution in [0.3, 0.4) is 0 Å². The second-order valence-electron chi connectivity index (χ2n) is 7.81. The van der Waals surface area contributed by atoms with Gasteiger partial charge in [-0.1, -0.05) is 79.7 Å². The molecule has 0 heterocycles. The highest BCUT2D eigenvalue weighted by Gasteiger charge is 2.55. The van der Waals surface area contributed by atoms with Gasteiger partial charge in [0, 0.05) is 16.7 Å². The monoisotopic (exact) mass is 387 g/mol. The van der Waals surface area contributed by atoms with Gasteiger partial charge in [-0.15, -0.1) is 6.58 Å². The smallest absolute Gasteiger partial charge is 0.205 e. The molecule has 0 bridgehead atoms. The summed E-state index contributed by atoms with van der Waals surface area (Å²) in [5.74, 6) is 0.421. The van der Waals surface area contributed by atoms with Crippen molar-refractivity contribution >= 4 is 17.9 Å². The van der Waals surface area contributed by atoms with E-state index in [1.165, 1.54) is 5.56 Å². The van der Waals surface area contributed by atoms with Gasteiger partial charge in [0.05, 0.1) is 0 Å². The maximum Gasteiger partial charge on any atom is 0.205 e. The van der Waals surface area contributed by atoms with Crippen LogP contribution in [-0.4, -0.2) is 0 Å². The van der Waals surface area contributed by atoms with Crippen molar-refractivity contribution in [1.82, 2.24) is 5.09 Å². The lowest BCUT2D eigenvalue weighted by atomic mass is 9.90. The second kappa shape index (κ2) is 7.54. The van der Waals surface area contributed by atoms with Crippen LogP contribution in [0.15, 0.2) is 104 Å². The summed E-state index contributed by atoms with van der Waals surface area (Å²) in [7, 11) is -3.02. The summed E-state index contributed by atoms with van der Waals surface area (Å²) < 4.78 is 14.5. The molecule has 3 atom stereocenters. The predicted molar refractivity (Wildman–Crippen MR) is 118 cm³/mol.